The van der Waals surface area contributed by atoms with E-state index in [1.54, 1.807) is 7.11 Å². The van der Waals surface area contributed by atoms with Crippen LogP contribution in [0.2, 0.25) is 0 Å². The van der Waals surface area contributed by atoms with Crippen molar-refractivity contribution in [2.24, 2.45) is 5.41 Å². The van der Waals surface area contributed by atoms with Crippen molar-refractivity contribution in [1.29, 1.82) is 0 Å². The highest BCUT2D eigenvalue weighted by Crippen LogP contribution is 2.37. The molecule has 2 aliphatic heterocycles. The maximum Gasteiger partial charge on any atom is 0.230 e. The molecule has 1 aromatic rings. The van der Waals surface area contributed by atoms with Crippen LogP contribution in [-0.4, -0.2) is 37.6 Å². The van der Waals surface area contributed by atoms with Gasteiger partial charge in [-0.15, -0.1) is 0 Å². The average molecular weight is 288 g/mol. The molecule has 1 amide bonds. The lowest BCUT2D eigenvalue weighted by Gasteiger charge is -2.32. The molecule has 0 spiro atoms. The van der Waals surface area contributed by atoms with Gasteiger partial charge >= 0.3 is 0 Å². The van der Waals surface area contributed by atoms with E-state index < -0.39 is 0 Å². The van der Waals surface area contributed by atoms with Crippen molar-refractivity contribution in [3.05, 3.63) is 29.8 Å². The zero-order valence-electron chi connectivity index (χ0n) is 12.9. The molecule has 2 heterocycles. The van der Waals surface area contributed by atoms with E-state index in [2.05, 4.69) is 29.3 Å². The van der Waals surface area contributed by atoms with E-state index in [-0.39, 0.29) is 11.5 Å². The lowest BCUT2D eigenvalue weighted by molar-refractivity contribution is -0.141. The molecule has 1 aromatic carbocycles. The quantitative estimate of drug-likeness (QED) is 0.928. The van der Waals surface area contributed by atoms with Gasteiger partial charge in [0.05, 0.1) is 18.6 Å². The highest BCUT2D eigenvalue weighted by molar-refractivity contribution is 5.83. The monoisotopic (exact) mass is 288 g/mol. The Balaban J connectivity index is 1.79. The molecule has 21 heavy (non-hydrogen) atoms. The molecule has 3 rings (SSSR count). The van der Waals surface area contributed by atoms with Crippen LogP contribution in [-0.2, 0) is 4.79 Å². The second kappa shape index (κ2) is 5.68. The molecular weight excluding hydrogens is 264 g/mol. The largest absolute Gasteiger partial charge is 0.497 e. The van der Waals surface area contributed by atoms with Gasteiger partial charge in [0.2, 0.25) is 5.91 Å². The number of hydrogen-bond donors (Lipinski definition) is 1. The third-order valence-electron chi connectivity index (χ3n) is 4.90. The summed E-state index contributed by atoms with van der Waals surface area (Å²) in [4.78, 5) is 15.0. The van der Waals surface area contributed by atoms with Gasteiger partial charge in [-0.25, -0.2) is 0 Å². The van der Waals surface area contributed by atoms with Gasteiger partial charge in [0, 0.05) is 13.1 Å². The summed E-state index contributed by atoms with van der Waals surface area (Å²) >= 11 is 0. The molecule has 2 fully saturated rings. The highest BCUT2D eigenvalue weighted by atomic mass is 16.5. The Kier molecular flexibility index (Phi) is 3.89. The minimum atomic E-state index is -0.227. The van der Waals surface area contributed by atoms with Gasteiger partial charge in [-0.05, 0) is 50.4 Å². The van der Waals surface area contributed by atoms with Crippen LogP contribution in [0.3, 0.4) is 0 Å². The Hall–Kier alpha value is -1.55. The first-order chi connectivity index (χ1) is 10.1. The predicted molar refractivity (Wildman–Crippen MR) is 82.3 cm³/mol. The lowest BCUT2D eigenvalue weighted by atomic mass is 9.87. The van der Waals surface area contributed by atoms with Gasteiger partial charge in [0.15, 0.2) is 0 Å². The molecule has 0 bridgehead atoms. The van der Waals surface area contributed by atoms with Crippen molar-refractivity contribution in [2.75, 3.05) is 26.7 Å². The number of methoxy groups -OCH3 is 1. The second-order valence-corrected chi connectivity index (χ2v) is 6.42. The van der Waals surface area contributed by atoms with E-state index in [9.17, 15) is 4.79 Å². The summed E-state index contributed by atoms with van der Waals surface area (Å²) < 4.78 is 5.21. The topological polar surface area (TPSA) is 41.6 Å². The Morgan fingerprint density at radius 2 is 2.14 bits per heavy atom. The molecule has 114 valence electrons. The SMILES string of the molecule is COc1ccc(C2CCCN2C(=O)C2(C)CCNC2)cc1. The lowest BCUT2D eigenvalue weighted by Crippen LogP contribution is -2.43. The number of carbonyl (C=O) groups is 1. The number of rotatable bonds is 3. The van der Waals surface area contributed by atoms with Crippen molar-refractivity contribution in [3.8, 4) is 5.75 Å². The Labute approximate surface area is 126 Å². The van der Waals surface area contributed by atoms with Crippen molar-refractivity contribution >= 4 is 5.91 Å². The van der Waals surface area contributed by atoms with Crippen LogP contribution >= 0.6 is 0 Å². The van der Waals surface area contributed by atoms with E-state index in [1.165, 1.54) is 5.56 Å². The first-order valence-corrected chi connectivity index (χ1v) is 7.80. The van der Waals surface area contributed by atoms with Crippen molar-refractivity contribution in [1.82, 2.24) is 10.2 Å². The van der Waals surface area contributed by atoms with Crippen LogP contribution in [0.5, 0.6) is 5.75 Å². The summed E-state index contributed by atoms with van der Waals surface area (Å²) in [7, 11) is 1.67. The molecule has 2 unspecified atom stereocenters. The summed E-state index contributed by atoms with van der Waals surface area (Å²) in [6.07, 6.45) is 3.09. The van der Waals surface area contributed by atoms with Crippen LogP contribution in [0, 0.1) is 5.41 Å². The maximum atomic E-state index is 12.9. The molecule has 0 saturated carbocycles. The number of nitrogens with zero attached hydrogens (tertiary/aromatic N) is 1. The van der Waals surface area contributed by atoms with Crippen LogP contribution in [0.25, 0.3) is 0 Å². The van der Waals surface area contributed by atoms with Crippen molar-refractivity contribution in [2.45, 2.75) is 32.2 Å². The van der Waals surface area contributed by atoms with Gasteiger partial charge < -0.3 is 15.0 Å². The van der Waals surface area contributed by atoms with Gasteiger partial charge in [-0.1, -0.05) is 12.1 Å². The zero-order chi connectivity index (χ0) is 14.9. The van der Waals surface area contributed by atoms with Crippen LogP contribution in [0.1, 0.15) is 37.8 Å². The first kappa shape index (κ1) is 14.4. The molecule has 2 saturated heterocycles. The van der Waals surface area contributed by atoms with E-state index in [4.69, 9.17) is 4.74 Å². The number of benzene rings is 1. The number of amides is 1. The Morgan fingerprint density at radius 1 is 1.38 bits per heavy atom. The maximum absolute atomic E-state index is 12.9. The standard InChI is InChI=1S/C17H24N2O2/c1-17(9-10-18-12-17)16(20)19-11-3-4-15(19)13-5-7-14(21-2)8-6-13/h5-8,15,18H,3-4,9-12H2,1-2H3. The molecule has 0 radical (unpaired) electrons. The van der Waals surface area contributed by atoms with Crippen LogP contribution in [0.15, 0.2) is 24.3 Å². The van der Waals surface area contributed by atoms with E-state index >= 15 is 0 Å². The van der Waals surface area contributed by atoms with Crippen molar-refractivity contribution in [3.63, 3.8) is 0 Å². The van der Waals surface area contributed by atoms with Gasteiger partial charge in [0.25, 0.3) is 0 Å². The number of nitrogens with one attached hydrogen (secondary N) is 1. The molecule has 0 aromatic heterocycles. The smallest absolute Gasteiger partial charge is 0.230 e. The van der Waals surface area contributed by atoms with Gasteiger partial charge in [0.1, 0.15) is 5.75 Å². The molecule has 4 nitrogen and oxygen atoms in total. The number of carbonyl (C=O) groups excluding carboxylic acids is 1. The van der Waals surface area contributed by atoms with Gasteiger partial charge in [-0.2, -0.15) is 0 Å². The van der Waals surface area contributed by atoms with Crippen LogP contribution in [0.4, 0.5) is 0 Å². The average Bonchev–Trinajstić information content (AvgIpc) is 3.16. The number of likely N-dealkylation sites (tertiary alicyclic amines) is 1. The molecular formula is C17H24N2O2. The molecule has 4 heteroatoms. The third kappa shape index (κ3) is 2.64. The fraction of sp³-hybridized carbons (Fsp3) is 0.588. The fourth-order valence-electron chi connectivity index (χ4n) is 3.53. The Morgan fingerprint density at radius 3 is 2.76 bits per heavy atom. The van der Waals surface area contributed by atoms with E-state index in [0.717, 1.165) is 44.6 Å². The first-order valence-electron chi connectivity index (χ1n) is 7.80. The zero-order valence-corrected chi connectivity index (χ0v) is 12.9. The minimum Gasteiger partial charge on any atom is -0.497 e. The van der Waals surface area contributed by atoms with E-state index in [1.807, 2.05) is 12.1 Å². The van der Waals surface area contributed by atoms with Gasteiger partial charge in [-0.3, -0.25) is 4.79 Å². The predicted octanol–water partition coefficient (Wildman–Crippen LogP) is 2.36. The molecule has 2 aliphatic rings. The second-order valence-electron chi connectivity index (χ2n) is 6.42. The van der Waals surface area contributed by atoms with Crippen LogP contribution < -0.4 is 10.1 Å². The summed E-state index contributed by atoms with van der Waals surface area (Å²) in [6, 6.07) is 8.36. The number of hydrogen-bond acceptors (Lipinski definition) is 3. The Bertz CT molecular complexity index is 506. The normalized spacial score (nSPS) is 28.9. The number of ether oxygens (including phenoxy) is 1. The summed E-state index contributed by atoms with van der Waals surface area (Å²) in [5.74, 6) is 1.17. The molecule has 1 N–H and O–H groups in total. The summed E-state index contributed by atoms with van der Waals surface area (Å²) in [6.45, 7) is 4.73. The molecule has 0 aliphatic carbocycles. The fourth-order valence-corrected chi connectivity index (χ4v) is 3.53. The summed E-state index contributed by atoms with van der Waals surface area (Å²) in [5, 5.41) is 3.32. The minimum absolute atomic E-state index is 0.223. The third-order valence-corrected chi connectivity index (χ3v) is 4.90. The molecule has 2 atom stereocenters. The van der Waals surface area contributed by atoms with E-state index in [0.29, 0.717) is 5.91 Å². The summed E-state index contributed by atoms with van der Waals surface area (Å²) in [5.41, 5.74) is 0.992. The highest BCUT2D eigenvalue weighted by Gasteiger charge is 2.42. The van der Waals surface area contributed by atoms with Crippen molar-refractivity contribution < 1.29 is 9.53 Å².